The third-order valence-electron chi connectivity index (χ3n) is 2.04. The summed E-state index contributed by atoms with van der Waals surface area (Å²) < 4.78 is 5.19. The van der Waals surface area contributed by atoms with Crippen molar-refractivity contribution in [2.24, 2.45) is 0 Å². The molecule has 0 aliphatic rings. The number of likely N-dealkylation sites (N-methyl/N-ethyl adjacent to an activating group) is 1. The van der Waals surface area contributed by atoms with Crippen molar-refractivity contribution in [1.82, 2.24) is 10.6 Å². The number of carbonyl (C=O) groups excluding carboxylic acids is 1. The van der Waals surface area contributed by atoms with Gasteiger partial charge in [-0.15, -0.1) is 0 Å². The number of nitrogens with one attached hydrogen (secondary N) is 2. The van der Waals surface area contributed by atoms with Crippen molar-refractivity contribution < 1.29 is 9.53 Å². The number of hydrogen-bond acceptors (Lipinski definition) is 3. The van der Waals surface area contributed by atoms with Gasteiger partial charge in [0.15, 0.2) is 0 Å². The zero-order valence-electron chi connectivity index (χ0n) is 9.64. The van der Waals surface area contributed by atoms with E-state index in [4.69, 9.17) is 4.74 Å². The second-order valence-electron chi connectivity index (χ2n) is 3.78. The van der Waals surface area contributed by atoms with E-state index < -0.39 is 0 Å². The minimum Gasteiger partial charge on any atom is -0.444 e. The molecule has 0 atom stereocenters. The van der Waals surface area contributed by atoms with E-state index in [0.29, 0.717) is 6.54 Å². The van der Waals surface area contributed by atoms with Crippen molar-refractivity contribution in [2.75, 3.05) is 19.6 Å². The zero-order chi connectivity index (χ0) is 11.0. The lowest BCUT2D eigenvalue weighted by molar-refractivity contribution is 0.0364. The first kappa shape index (κ1) is 13.2. The van der Waals surface area contributed by atoms with E-state index >= 15 is 0 Å². The minimum absolute atomic E-state index is 0.338. The summed E-state index contributed by atoms with van der Waals surface area (Å²) in [5.41, 5.74) is -0.373. The van der Waals surface area contributed by atoms with Gasteiger partial charge in [-0.05, 0) is 26.8 Å². The molecule has 0 aliphatic carbocycles. The molecule has 0 saturated heterocycles. The standard InChI is InChI=1S/C10H22N2O2/c1-5-10(3,4)14-9(13)12-8-7-11-6-2/h11H,5-8H2,1-4H3,(H,12,13). The van der Waals surface area contributed by atoms with Crippen LogP contribution in [0.2, 0.25) is 0 Å². The monoisotopic (exact) mass is 202 g/mol. The van der Waals surface area contributed by atoms with Crippen molar-refractivity contribution in [3.05, 3.63) is 0 Å². The van der Waals surface area contributed by atoms with E-state index in [1.54, 1.807) is 0 Å². The maximum Gasteiger partial charge on any atom is 0.407 e. The molecule has 1 amide bonds. The average molecular weight is 202 g/mol. The molecule has 0 rings (SSSR count). The van der Waals surface area contributed by atoms with Crippen molar-refractivity contribution in [3.63, 3.8) is 0 Å². The topological polar surface area (TPSA) is 50.4 Å². The maximum atomic E-state index is 11.2. The SMILES string of the molecule is CCNCCNC(=O)OC(C)(C)CC. The van der Waals surface area contributed by atoms with Gasteiger partial charge < -0.3 is 15.4 Å². The lowest BCUT2D eigenvalue weighted by Gasteiger charge is -2.23. The van der Waals surface area contributed by atoms with Crippen LogP contribution in [0, 0.1) is 0 Å². The highest BCUT2D eigenvalue weighted by atomic mass is 16.6. The highest BCUT2D eigenvalue weighted by Crippen LogP contribution is 2.12. The Morgan fingerprint density at radius 3 is 2.43 bits per heavy atom. The molecule has 0 unspecified atom stereocenters. The molecular weight excluding hydrogens is 180 g/mol. The number of hydrogen-bond donors (Lipinski definition) is 2. The summed E-state index contributed by atoms with van der Waals surface area (Å²) in [6, 6.07) is 0. The van der Waals surface area contributed by atoms with Gasteiger partial charge >= 0.3 is 6.09 Å². The molecule has 2 N–H and O–H groups in total. The van der Waals surface area contributed by atoms with Crippen LogP contribution in [0.4, 0.5) is 4.79 Å². The Morgan fingerprint density at radius 1 is 1.29 bits per heavy atom. The lowest BCUT2D eigenvalue weighted by Crippen LogP contribution is -2.37. The quantitative estimate of drug-likeness (QED) is 0.642. The van der Waals surface area contributed by atoms with Crippen molar-refractivity contribution >= 4 is 6.09 Å². The summed E-state index contributed by atoms with van der Waals surface area (Å²) in [5, 5.41) is 5.79. The molecule has 4 heteroatoms. The predicted octanol–water partition coefficient (Wildman–Crippen LogP) is 1.51. The molecule has 0 aromatic heterocycles. The Kier molecular flexibility index (Phi) is 6.28. The second kappa shape index (κ2) is 6.65. The third kappa shape index (κ3) is 6.71. The molecule has 84 valence electrons. The smallest absolute Gasteiger partial charge is 0.407 e. The van der Waals surface area contributed by atoms with Crippen LogP contribution >= 0.6 is 0 Å². The van der Waals surface area contributed by atoms with Gasteiger partial charge in [0, 0.05) is 13.1 Å². The van der Waals surface area contributed by atoms with E-state index in [-0.39, 0.29) is 11.7 Å². The molecule has 14 heavy (non-hydrogen) atoms. The largest absolute Gasteiger partial charge is 0.444 e. The first-order chi connectivity index (χ1) is 6.52. The van der Waals surface area contributed by atoms with Gasteiger partial charge in [-0.1, -0.05) is 13.8 Å². The van der Waals surface area contributed by atoms with Crippen LogP contribution in [0.5, 0.6) is 0 Å². The molecular formula is C10H22N2O2. The summed E-state index contributed by atoms with van der Waals surface area (Å²) in [6.07, 6.45) is 0.475. The molecule has 0 saturated carbocycles. The highest BCUT2D eigenvalue weighted by molar-refractivity contribution is 5.67. The van der Waals surface area contributed by atoms with Crippen molar-refractivity contribution in [3.8, 4) is 0 Å². The van der Waals surface area contributed by atoms with Crippen LogP contribution in [0.3, 0.4) is 0 Å². The average Bonchev–Trinajstić information content (AvgIpc) is 2.12. The van der Waals surface area contributed by atoms with Crippen LogP contribution < -0.4 is 10.6 Å². The molecule has 0 bridgehead atoms. The van der Waals surface area contributed by atoms with E-state index in [1.165, 1.54) is 0 Å². The molecule has 0 aromatic carbocycles. The van der Waals surface area contributed by atoms with Crippen LogP contribution in [0.15, 0.2) is 0 Å². The number of ether oxygens (including phenoxy) is 1. The summed E-state index contributed by atoms with van der Waals surface area (Å²) in [6.45, 7) is 10.1. The van der Waals surface area contributed by atoms with Crippen molar-refractivity contribution in [1.29, 1.82) is 0 Å². The van der Waals surface area contributed by atoms with Crippen LogP contribution in [-0.2, 0) is 4.74 Å². The van der Waals surface area contributed by atoms with Crippen LogP contribution in [-0.4, -0.2) is 31.3 Å². The third-order valence-corrected chi connectivity index (χ3v) is 2.04. The van der Waals surface area contributed by atoms with Crippen LogP contribution in [0.1, 0.15) is 34.1 Å². The van der Waals surface area contributed by atoms with Gasteiger partial charge in [0.25, 0.3) is 0 Å². The number of carbonyl (C=O) groups is 1. The molecule has 0 radical (unpaired) electrons. The van der Waals surface area contributed by atoms with Gasteiger partial charge in [0.1, 0.15) is 5.60 Å². The zero-order valence-corrected chi connectivity index (χ0v) is 9.64. The summed E-state index contributed by atoms with van der Waals surface area (Å²) in [5.74, 6) is 0. The fraction of sp³-hybridized carbons (Fsp3) is 0.900. The van der Waals surface area contributed by atoms with Gasteiger partial charge in [-0.2, -0.15) is 0 Å². The van der Waals surface area contributed by atoms with Gasteiger partial charge in [-0.3, -0.25) is 0 Å². The fourth-order valence-electron chi connectivity index (χ4n) is 0.789. The number of amides is 1. The van der Waals surface area contributed by atoms with Crippen LogP contribution in [0.25, 0.3) is 0 Å². The Balaban J connectivity index is 3.55. The first-order valence-corrected chi connectivity index (χ1v) is 5.19. The maximum absolute atomic E-state index is 11.2. The second-order valence-corrected chi connectivity index (χ2v) is 3.78. The van der Waals surface area contributed by atoms with Gasteiger partial charge in [0.05, 0.1) is 0 Å². The molecule has 4 nitrogen and oxygen atoms in total. The van der Waals surface area contributed by atoms with Crippen molar-refractivity contribution in [2.45, 2.75) is 39.7 Å². The van der Waals surface area contributed by atoms with Gasteiger partial charge in [-0.25, -0.2) is 4.79 Å². The molecule has 0 aliphatic heterocycles. The summed E-state index contributed by atoms with van der Waals surface area (Å²) >= 11 is 0. The summed E-state index contributed by atoms with van der Waals surface area (Å²) in [7, 11) is 0. The Bertz CT molecular complexity index is 170. The minimum atomic E-state index is -0.373. The Morgan fingerprint density at radius 2 is 1.93 bits per heavy atom. The summed E-state index contributed by atoms with van der Waals surface area (Å²) in [4.78, 5) is 11.2. The molecule has 0 aromatic rings. The number of alkyl carbamates (subject to hydrolysis) is 1. The van der Waals surface area contributed by atoms with E-state index in [9.17, 15) is 4.79 Å². The first-order valence-electron chi connectivity index (χ1n) is 5.19. The van der Waals surface area contributed by atoms with Gasteiger partial charge in [0.2, 0.25) is 0 Å². The molecule has 0 fully saturated rings. The normalized spacial score (nSPS) is 11.1. The molecule has 0 spiro atoms. The van der Waals surface area contributed by atoms with E-state index in [1.807, 2.05) is 27.7 Å². The van der Waals surface area contributed by atoms with E-state index in [0.717, 1.165) is 19.5 Å². The Hall–Kier alpha value is -0.770. The molecule has 0 heterocycles. The number of rotatable bonds is 6. The van der Waals surface area contributed by atoms with E-state index in [2.05, 4.69) is 10.6 Å². The Labute approximate surface area is 86.4 Å². The fourth-order valence-corrected chi connectivity index (χ4v) is 0.789. The highest BCUT2D eigenvalue weighted by Gasteiger charge is 2.19. The lowest BCUT2D eigenvalue weighted by atomic mass is 10.1. The predicted molar refractivity (Wildman–Crippen MR) is 57.4 cm³/mol.